The minimum atomic E-state index is 0.258. The zero-order valence-electron chi connectivity index (χ0n) is 9.47. The summed E-state index contributed by atoms with van der Waals surface area (Å²) in [5.41, 5.74) is 4.79. The summed E-state index contributed by atoms with van der Waals surface area (Å²) in [7, 11) is 0. The topological polar surface area (TPSA) is 41.5 Å². The largest absolute Gasteiger partial charge is 0.508 e. The molecule has 0 aliphatic rings. The Balaban J connectivity index is 1.76. The van der Waals surface area contributed by atoms with E-state index in [4.69, 9.17) is 4.84 Å². The van der Waals surface area contributed by atoms with Gasteiger partial charge in [-0.2, -0.15) is 5.48 Å². The summed E-state index contributed by atoms with van der Waals surface area (Å²) in [6, 6.07) is 17.1. The van der Waals surface area contributed by atoms with Gasteiger partial charge in [-0.25, -0.2) is 0 Å². The summed E-state index contributed by atoms with van der Waals surface area (Å²) in [6.07, 6.45) is 0. The summed E-state index contributed by atoms with van der Waals surface area (Å²) in [6.45, 7) is 0.994. The number of hydrogen-bond donors (Lipinski definition) is 2. The molecule has 0 heterocycles. The number of rotatable bonds is 5. The van der Waals surface area contributed by atoms with Crippen LogP contribution in [0.3, 0.4) is 0 Å². The van der Waals surface area contributed by atoms with Gasteiger partial charge in [0.1, 0.15) is 5.75 Å². The van der Waals surface area contributed by atoms with Crippen molar-refractivity contribution in [1.29, 1.82) is 0 Å². The van der Waals surface area contributed by atoms with Gasteiger partial charge in [-0.3, -0.25) is 4.84 Å². The highest BCUT2D eigenvalue weighted by molar-refractivity contribution is 5.30. The summed E-state index contributed by atoms with van der Waals surface area (Å²) in [5.74, 6) is 0.258. The van der Waals surface area contributed by atoms with Gasteiger partial charge in [-0.1, -0.05) is 48.5 Å². The van der Waals surface area contributed by atoms with E-state index < -0.39 is 0 Å². The van der Waals surface area contributed by atoms with Crippen LogP contribution < -0.4 is 5.48 Å². The minimum absolute atomic E-state index is 0.258. The van der Waals surface area contributed by atoms with E-state index in [1.54, 1.807) is 12.1 Å². The molecule has 0 spiro atoms. The first kappa shape index (κ1) is 11.6. The van der Waals surface area contributed by atoms with E-state index in [0.29, 0.717) is 13.2 Å². The van der Waals surface area contributed by atoms with Crippen LogP contribution in [0, 0.1) is 0 Å². The van der Waals surface area contributed by atoms with E-state index in [-0.39, 0.29) is 5.75 Å². The van der Waals surface area contributed by atoms with Gasteiger partial charge in [0.2, 0.25) is 0 Å². The quantitative estimate of drug-likeness (QED) is 0.611. The van der Waals surface area contributed by atoms with Crippen LogP contribution in [-0.2, 0) is 18.0 Å². The molecule has 0 fully saturated rings. The molecule has 0 saturated carbocycles. The monoisotopic (exact) mass is 229 g/mol. The second-order valence-corrected chi connectivity index (χ2v) is 3.72. The SMILES string of the molecule is Oc1ccccc1CONCc1ccccc1. The molecule has 0 aliphatic carbocycles. The van der Waals surface area contributed by atoms with Gasteiger partial charge in [-0.15, -0.1) is 0 Å². The predicted octanol–water partition coefficient (Wildman–Crippen LogP) is 2.61. The van der Waals surface area contributed by atoms with Crippen molar-refractivity contribution in [3.8, 4) is 5.75 Å². The fraction of sp³-hybridized carbons (Fsp3) is 0.143. The van der Waals surface area contributed by atoms with Gasteiger partial charge < -0.3 is 5.11 Å². The van der Waals surface area contributed by atoms with Crippen LogP contribution >= 0.6 is 0 Å². The zero-order chi connectivity index (χ0) is 11.9. The van der Waals surface area contributed by atoms with Crippen LogP contribution in [-0.4, -0.2) is 5.11 Å². The lowest BCUT2D eigenvalue weighted by atomic mass is 10.2. The number of para-hydroxylation sites is 1. The second-order valence-electron chi connectivity index (χ2n) is 3.72. The minimum Gasteiger partial charge on any atom is -0.508 e. The lowest BCUT2D eigenvalue weighted by molar-refractivity contribution is 0.0225. The van der Waals surface area contributed by atoms with Gasteiger partial charge >= 0.3 is 0 Å². The first-order valence-corrected chi connectivity index (χ1v) is 5.52. The molecule has 2 rings (SSSR count). The number of phenolic OH excluding ortho intramolecular Hbond substituents is 1. The van der Waals surface area contributed by atoms with E-state index in [1.807, 2.05) is 42.5 Å². The molecule has 0 radical (unpaired) electrons. The number of phenols is 1. The van der Waals surface area contributed by atoms with Crippen molar-refractivity contribution >= 4 is 0 Å². The van der Waals surface area contributed by atoms with Crippen LogP contribution in [0.5, 0.6) is 5.75 Å². The highest BCUT2D eigenvalue weighted by Crippen LogP contribution is 2.15. The van der Waals surface area contributed by atoms with Crippen LogP contribution in [0.2, 0.25) is 0 Å². The molecule has 2 N–H and O–H groups in total. The van der Waals surface area contributed by atoms with Crippen molar-refractivity contribution < 1.29 is 9.94 Å². The van der Waals surface area contributed by atoms with Crippen molar-refractivity contribution in [2.24, 2.45) is 0 Å². The van der Waals surface area contributed by atoms with Crippen molar-refractivity contribution in [2.75, 3.05) is 0 Å². The van der Waals surface area contributed by atoms with Crippen LogP contribution in [0.4, 0.5) is 0 Å². The number of benzene rings is 2. The fourth-order valence-electron chi connectivity index (χ4n) is 1.49. The lowest BCUT2D eigenvalue weighted by Crippen LogP contribution is -2.13. The van der Waals surface area contributed by atoms with Crippen molar-refractivity contribution in [1.82, 2.24) is 5.48 Å². The van der Waals surface area contributed by atoms with E-state index in [9.17, 15) is 5.11 Å². The molecule has 0 aliphatic heterocycles. The lowest BCUT2D eigenvalue weighted by Gasteiger charge is -2.07. The Labute approximate surface area is 101 Å². The first-order chi connectivity index (χ1) is 8.36. The summed E-state index contributed by atoms with van der Waals surface area (Å²) in [5, 5.41) is 9.52. The molecular formula is C14H15NO2. The van der Waals surface area contributed by atoms with Gasteiger partial charge in [0, 0.05) is 12.1 Å². The summed E-state index contributed by atoms with van der Waals surface area (Å²) >= 11 is 0. The highest BCUT2D eigenvalue weighted by atomic mass is 16.6. The average molecular weight is 229 g/mol. The Bertz CT molecular complexity index is 457. The average Bonchev–Trinajstić information content (AvgIpc) is 2.38. The number of nitrogens with one attached hydrogen (secondary N) is 1. The molecule has 2 aromatic rings. The second kappa shape index (κ2) is 6.03. The van der Waals surface area contributed by atoms with E-state index >= 15 is 0 Å². The maximum Gasteiger partial charge on any atom is 0.121 e. The van der Waals surface area contributed by atoms with Crippen LogP contribution in [0.25, 0.3) is 0 Å². The normalized spacial score (nSPS) is 10.4. The Hall–Kier alpha value is -1.84. The smallest absolute Gasteiger partial charge is 0.121 e. The van der Waals surface area contributed by atoms with E-state index in [2.05, 4.69) is 5.48 Å². The molecule has 3 heteroatoms. The van der Waals surface area contributed by atoms with Crippen molar-refractivity contribution in [2.45, 2.75) is 13.2 Å². The van der Waals surface area contributed by atoms with Crippen LogP contribution in [0.15, 0.2) is 54.6 Å². The Kier molecular flexibility index (Phi) is 4.13. The van der Waals surface area contributed by atoms with Gasteiger partial charge in [0.25, 0.3) is 0 Å². The molecule has 0 unspecified atom stereocenters. The fourth-order valence-corrected chi connectivity index (χ4v) is 1.49. The maximum atomic E-state index is 9.52. The molecule has 0 saturated heterocycles. The first-order valence-electron chi connectivity index (χ1n) is 5.52. The summed E-state index contributed by atoms with van der Waals surface area (Å²) in [4.78, 5) is 5.29. The molecule has 0 aromatic heterocycles. The number of hydrogen-bond acceptors (Lipinski definition) is 3. The molecule has 88 valence electrons. The standard InChI is InChI=1S/C14H15NO2/c16-14-9-5-4-8-13(14)11-17-15-10-12-6-2-1-3-7-12/h1-9,15-16H,10-11H2. The van der Waals surface area contributed by atoms with Crippen LogP contribution in [0.1, 0.15) is 11.1 Å². The van der Waals surface area contributed by atoms with Crippen molar-refractivity contribution in [3.05, 3.63) is 65.7 Å². The molecular weight excluding hydrogens is 214 g/mol. The zero-order valence-corrected chi connectivity index (χ0v) is 9.47. The number of hydroxylamine groups is 1. The molecule has 2 aromatic carbocycles. The third-order valence-electron chi connectivity index (χ3n) is 2.44. The van der Waals surface area contributed by atoms with Gasteiger partial charge in [-0.05, 0) is 11.6 Å². The molecule has 17 heavy (non-hydrogen) atoms. The molecule has 0 bridgehead atoms. The molecule has 3 nitrogen and oxygen atoms in total. The third kappa shape index (κ3) is 3.59. The molecule has 0 amide bonds. The van der Waals surface area contributed by atoms with E-state index in [0.717, 1.165) is 11.1 Å². The third-order valence-corrected chi connectivity index (χ3v) is 2.44. The van der Waals surface area contributed by atoms with Gasteiger partial charge in [0.15, 0.2) is 0 Å². The Morgan fingerprint density at radius 1 is 0.941 bits per heavy atom. The molecule has 0 atom stereocenters. The Morgan fingerprint density at radius 3 is 2.41 bits per heavy atom. The van der Waals surface area contributed by atoms with Crippen molar-refractivity contribution in [3.63, 3.8) is 0 Å². The predicted molar refractivity (Wildman–Crippen MR) is 66.2 cm³/mol. The maximum absolute atomic E-state index is 9.52. The van der Waals surface area contributed by atoms with E-state index in [1.165, 1.54) is 0 Å². The highest BCUT2D eigenvalue weighted by Gasteiger charge is 1.99. The summed E-state index contributed by atoms with van der Waals surface area (Å²) < 4.78 is 0. The number of aromatic hydroxyl groups is 1. The van der Waals surface area contributed by atoms with Gasteiger partial charge in [0.05, 0.1) is 6.61 Å². The Morgan fingerprint density at radius 2 is 1.65 bits per heavy atom.